The lowest BCUT2D eigenvalue weighted by atomic mass is 10.1. The van der Waals surface area contributed by atoms with Gasteiger partial charge in [0.25, 0.3) is 0 Å². The van der Waals surface area contributed by atoms with E-state index in [1.165, 1.54) is 0 Å². The van der Waals surface area contributed by atoms with E-state index in [4.69, 9.17) is 5.84 Å². The third-order valence-corrected chi connectivity index (χ3v) is 3.76. The summed E-state index contributed by atoms with van der Waals surface area (Å²) in [5.41, 5.74) is 4.18. The highest BCUT2D eigenvalue weighted by Gasteiger charge is 2.27. The van der Waals surface area contributed by atoms with Crippen molar-refractivity contribution in [1.29, 1.82) is 0 Å². The molecule has 21 heavy (non-hydrogen) atoms. The van der Waals surface area contributed by atoms with Crippen molar-refractivity contribution in [2.24, 2.45) is 5.84 Å². The van der Waals surface area contributed by atoms with Gasteiger partial charge in [-0.25, -0.2) is 5.84 Å². The Morgan fingerprint density at radius 2 is 2.05 bits per heavy atom. The lowest BCUT2D eigenvalue weighted by Gasteiger charge is -2.34. The molecule has 0 radical (unpaired) electrons. The first kappa shape index (κ1) is 15.5. The predicted octanol–water partition coefficient (Wildman–Crippen LogP) is -0.0706. The van der Waals surface area contributed by atoms with Gasteiger partial charge < -0.3 is 5.32 Å². The van der Waals surface area contributed by atoms with E-state index in [0.717, 1.165) is 30.6 Å². The molecule has 1 saturated heterocycles. The first-order valence-corrected chi connectivity index (χ1v) is 7.23. The Labute approximate surface area is 124 Å². The lowest BCUT2D eigenvalue weighted by Crippen LogP contribution is -2.54. The van der Waals surface area contributed by atoms with E-state index in [1.54, 1.807) is 0 Å². The summed E-state index contributed by atoms with van der Waals surface area (Å²) in [6, 6.07) is 7.79. The van der Waals surface area contributed by atoms with Crippen LogP contribution < -0.4 is 16.6 Å². The number of hydrogen-bond donors (Lipinski definition) is 3. The molecule has 114 valence electrons. The molecule has 1 fully saturated rings. The van der Waals surface area contributed by atoms with Gasteiger partial charge in [0.15, 0.2) is 0 Å². The van der Waals surface area contributed by atoms with Gasteiger partial charge in [-0.1, -0.05) is 31.2 Å². The van der Waals surface area contributed by atoms with Gasteiger partial charge in [-0.3, -0.25) is 19.9 Å². The van der Waals surface area contributed by atoms with Crippen LogP contribution >= 0.6 is 0 Å². The summed E-state index contributed by atoms with van der Waals surface area (Å²) in [7, 11) is 0. The van der Waals surface area contributed by atoms with Crippen LogP contribution in [0.3, 0.4) is 0 Å². The molecule has 0 aromatic heterocycles. The zero-order chi connectivity index (χ0) is 15.2. The number of piperazine rings is 1. The zero-order valence-corrected chi connectivity index (χ0v) is 12.3. The van der Waals surface area contributed by atoms with Gasteiger partial charge in [0.05, 0.1) is 12.5 Å². The molecule has 1 heterocycles. The Hall–Kier alpha value is -1.92. The summed E-state index contributed by atoms with van der Waals surface area (Å²) in [6.07, 6.45) is 1.08. The van der Waals surface area contributed by atoms with Gasteiger partial charge in [0, 0.05) is 19.6 Å². The molecular formula is C15H22N4O2. The number of hydrogen-bond acceptors (Lipinski definition) is 4. The van der Waals surface area contributed by atoms with E-state index in [0.29, 0.717) is 6.54 Å². The van der Waals surface area contributed by atoms with Crippen LogP contribution in [0.15, 0.2) is 24.3 Å². The summed E-state index contributed by atoms with van der Waals surface area (Å²) in [4.78, 5) is 25.2. The fourth-order valence-electron chi connectivity index (χ4n) is 2.63. The molecule has 1 aromatic carbocycles. The van der Waals surface area contributed by atoms with Crippen molar-refractivity contribution >= 4 is 11.8 Å². The first-order chi connectivity index (χ1) is 10.1. The second kappa shape index (κ2) is 7.19. The maximum Gasteiger partial charge on any atom is 0.238 e. The Balaban J connectivity index is 1.99. The van der Waals surface area contributed by atoms with Crippen LogP contribution in [0.2, 0.25) is 0 Å². The molecule has 6 heteroatoms. The number of benzene rings is 1. The molecule has 6 nitrogen and oxygen atoms in total. The summed E-state index contributed by atoms with van der Waals surface area (Å²) >= 11 is 0. The minimum Gasteiger partial charge on any atom is -0.353 e. The summed E-state index contributed by atoms with van der Waals surface area (Å²) in [5.74, 6) is 4.98. The van der Waals surface area contributed by atoms with Crippen LogP contribution in [0, 0.1) is 0 Å². The highest BCUT2D eigenvalue weighted by Crippen LogP contribution is 2.14. The van der Waals surface area contributed by atoms with Crippen molar-refractivity contribution < 1.29 is 9.59 Å². The Morgan fingerprint density at radius 1 is 1.38 bits per heavy atom. The highest BCUT2D eigenvalue weighted by atomic mass is 16.2. The topological polar surface area (TPSA) is 87.5 Å². The highest BCUT2D eigenvalue weighted by molar-refractivity contribution is 5.82. The van der Waals surface area contributed by atoms with Crippen LogP contribution in [0.25, 0.3) is 0 Å². The summed E-state index contributed by atoms with van der Waals surface area (Å²) in [5, 5.41) is 2.90. The number of carbonyl (C=O) groups excluding carboxylic acids is 2. The molecule has 0 aliphatic carbocycles. The van der Waals surface area contributed by atoms with Crippen LogP contribution in [0.5, 0.6) is 0 Å². The summed E-state index contributed by atoms with van der Waals surface area (Å²) < 4.78 is 0. The van der Waals surface area contributed by atoms with Gasteiger partial charge in [-0.05, 0) is 17.5 Å². The van der Waals surface area contributed by atoms with E-state index in [2.05, 4.69) is 15.6 Å². The van der Waals surface area contributed by atoms with Crippen molar-refractivity contribution in [3.05, 3.63) is 35.4 Å². The first-order valence-electron chi connectivity index (χ1n) is 7.23. The van der Waals surface area contributed by atoms with Gasteiger partial charge in [-0.15, -0.1) is 0 Å². The van der Waals surface area contributed by atoms with Crippen molar-refractivity contribution in [3.63, 3.8) is 0 Å². The largest absolute Gasteiger partial charge is 0.353 e. The fourth-order valence-corrected chi connectivity index (χ4v) is 2.63. The van der Waals surface area contributed by atoms with E-state index < -0.39 is 0 Å². The standard InChI is InChI=1S/C15H22N4O2/c1-2-13-15(21)17-7-8-19(13)10-12-5-3-11(4-6-12)9-14(20)18-16/h3-6,13H,2,7-10,16H2,1H3,(H,17,21)(H,18,20). The van der Waals surface area contributed by atoms with Gasteiger partial charge >= 0.3 is 0 Å². The number of amides is 2. The van der Waals surface area contributed by atoms with Crippen LogP contribution in [-0.4, -0.2) is 35.8 Å². The van der Waals surface area contributed by atoms with Crippen LogP contribution in [0.1, 0.15) is 24.5 Å². The normalized spacial score (nSPS) is 19.1. The molecule has 0 spiro atoms. The molecule has 1 atom stereocenters. The maximum atomic E-state index is 11.8. The van der Waals surface area contributed by atoms with Gasteiger partial charge in [0.2, 0.25) is 11.8 Å². The molecule has 0 bridgehead atoms. The van der Waals surface area contributed by atoms with Crippen molar-refractivity contribution in [2.45, 2.75) is 32.4 Å². The molecule has 2 rings (SSSR count). The molecular weight excluding hydrogens is 268 g/mol. The van der Waals surface area contributed by atoms with Crippen LogP contribution in [-0.2, 0) is 22.6 Å². The minimum atomic E-state index is -0.207. The lowest BCUT2D eigenvalue weighted by molar-refractivity contribution is -0.129. The Bertz CT molecular complexity index is 501. The Morgan fingerprint density at radius 3 is 2.67 bits per heavy atom. The van der Waals surface area contributed by atoms with Gasteiger partial charge in [-0.2, -0.15) is 0 Å². The Kier molecular flexibility index (Phi) is 5.30. The SMILES string of the molecule is CCC1C(=O)NCCN1Cc1ccc(CC(=O)NN)cc1. The average molecular weight is 290 g/mol. The third-order valence-electron chi connectivity index (χ3n) is 3.76. The molecule has 1 aromatic rings. The zero-order valence-electron chi connectivity index (χ0n) is 12.3. The quantitative estimate of drug-likeness (QED) is 0.402. The number of rotatable bonds is 5. The second-order valence-corrected chi connectivity index (χ2v) is 5.25. The number of hydrazine groups is 1. The van der Waals surface area contributed by atoms with Crippen molar-refractivity contribution in [1.82, 2.24) is 15.6 Å². The molecule has 0 saturated carbocycles. The fraction of sp³-hybridized carbons (Fsp3) is 0.467. The van der Waals surface area contributed by atoms with E-state index >= 15 is 0 Å². The smallest absolute Gasteiger partial charge is 0.238 e. The molecule has 1 aliphatic heterocycles. The van der Waals surface area contributed by atoms with Crippen molar-refractivity contribution in [2.75, 3.05) is 13.1 Å². The molecule has 1 aliphatic rings. The molecule has 1 unspecified atom stereocenters. The summed E-state index contributed by atoms with van der Waals surface area (Å²) in [6.45, 7) is 4.33. The van der Waals surface area contributed by atoms with Crippen molar-refractivity contribution in [3.8, 4) is 0 Å². The predicted molar refractivity (Wildman–Crippen MR) is 80.0 cm³/mol. The van der Waals surface area contributed by atoms with E-state index in [1.807, 2.05) is 31.2 Å². The van der Waals surface area contributed by atoms with E-state index in [9.17, 15) is 9.59 Å². The third kappa shape index (κ3) is 4.03. The number of carbonyl (C=O) groups is 2. The average Bonchev–Trinajstić information content (AvgIpc) is 2.49. The minimum absolute atomic E-state index is 0.0542. The van der Waals surface area contributed by atoms with Crippen LogP contribution in [0.4, 0.5) is 0 Å². The molecule has 4 N–H and O–H groups in total. The second-order valence-electron chi connectivity index (χ2n) is 5.25. The monoisotopic (exact) mass is 290 g/mol. The number of nitrogens with two attached hydrogens (primary N) is 1. The van der Waals surface area contributed by atoms with E-state index in [-0.39, 0.29) is 24.3 Å². The maximum absolute atomic E-state index is 11.8. The number of nitrogens with zero attached hydrogens (tertiary/aromatic N) is 1. The molecule has 2 amide bonds. The number of nitrogens with one attached hydrogen (secondary N) is 2. The van der Waals surface area contributed by atoms with Gasteiger partial charge in [0.1, 0.15) is 0 Å².